The minimum atomic E-state index is -1.28. The molecule has 0 aliphatic rings. The Morgan fingerprint density at radius 3 is 3.00 bits per heavy atom. The van der Waals surface area contributed by atoms with Crippen molar-refractivity contribution in [2.75, 3.05) is 0 Å². The molecule has 0 unspecified atom stereocenters. The second-order valence-electron chi connectivity index (χ2n) is 3.62. The molecule has 0 radical (unpaired) electrons. The number of aromatic amines is 1. The Balaban J connectivity index is 2.28. The maximum absolute atomic E-state index is 11.9. The second kappa shape index (κ2) is 3.81. The summed E-state index contributed by atoms with van der Waals surface area (Å²) in [5, 5.41) is 13.6. The number of thiophene rings is 1. The molecule has 90 valence electrons. The van der Waals surface area contributed by atoms with Gasteiger partial charge in [-0.15, -0.1) is 11.3 Å². The molecule has 0 saturated heterocycles. The number of H-pyrrole nitrogens is 1. The highest BCUT2D eigenvalue weighted by atomic mass is 32.1. The van der Waals surface area contributed by atoms with Gasteiger partial charge in [0.15, 0.2) is 5.65 Å². The van der Waals surface area contributed by atoms with Crippen molar-refractivity contribution in [3.8, 4) is 10.6 Å². The van der Waals surface area contributed by atoms with Gasteiger partial charge in [0, 0.05) is 12.3 Å². The molecule has 0 aliphatic heterocycles. The molecule has 0 aromatic carbocycles. The molecule has 18 heavy (non-hydrogen) atoms. The maximum atomic E-state index is 11.9. The van der Waals surface area contributed by atoms with Crippen LogP contribution >= 0.6 is 11.3 Å². The van der Waals surface area contributed by atoms with Crippen molar-refractivity contribution in [1.82, 2.24) is 14.6 Å². The first-order valence-electron chi connectivity index (χ1n) is 5.05. The van der Waals surface area contributed by atoms with Gasteiger partial charge in [0.05, 0.1) is 10.6 Å². The van der Waals surface area contributed by atoms with E-state index in [1.54, 1.807) is 6.07 Å². The summed E-state index contributed by atoms with van der Waals surface area (Å²) in [6.07, 6.45) is 1.08. The second-order valence-corrected chi connectivity index (χ2v) is 4.57. The SMILES string of the molecule is O=C(O)c1cnc2cc(-c3cccs3)[nH]n2c1=O. The van der Waals surface area contributed by atoms with Crippen LogP contribution in [-0.4, -0.2) is 25.7 Å². The van der Waals surface area contributed by atoms with Crippen molar-refractivity contribution in [2.24, 2.45) is 0 Å². The Kier molecular flexibility index (Phi) is 2.27. The van der Waals surface area contributed by atoms with E-state index in [0.717, 1.165) is 21.3 Å². The van der Waals surface area contributed by atoms with E-state index in [2.05, 4.69) is 10.1 Å². The molecule has 0 bridgehead atoms. The van der Waals surface area contributed by atoms with Crippen LogP contribution in [0.3, 0.4) is 0 Å². The van der Waals surface area contributed by atoms with Crippen LogP contribution in [0.5, 0.6) is 0 Å². The summed E-state index contributed by atoms with van der Waals surface area (Å²) in [6.45, 7) is 0. The molecular formula is C11H7N3O3S. The van der Waals surface area contributed by atoms with E-state index in [9.17, 15) is 9.59 Å². The number of hydrogen-bond donors (Lipinski definition) is 2. The van der Waals surface area contributed by atoms with E-state index in [0.29, 0.717) is 5.65 Å². The van der Waals surface area contributed by atoms with Crippen molar-refractivity contribution < 1.29 is 9.90 Å². The van der Waals surface area contributed by atoms with Gasteiger partial charge in [-0.2, -0.15) is 0 Å². The number of fused-ring (bicyclic) bond motifs is 1. The smallest absolute Gasteiger partial charge is 0.343 e. The van der Waals surface area contributed by atoms with E-state index in [-0.39, 0.29) is 5.56 Å². The van der Waals surface area contributed by atoms with Crippen LogP contribution < -0.4 is 5.56 Å². The lowest BCUT2D eigenvalue weighted by Gasteiger charge is -1.94. The zero-order chi connectivity index (χ0) is 12.7. The van der Waals surface area contributed by atoms with Gasteiger partial charge < -0.3 is 5.11 Å². The predicted molar refractivity (Wildman–Crippen MR) is 66.1 cm³/mol. The summed E-state index contributed by atoms with van der Waals surface area (Å²) in [7, 11) is 0. The Bertz CT molecular complexity index is 786. The molecule has 2 N–H and O–H groups in total. The van der Waals surface area contributed by atoms with Gasteiger partial charge in [-0.25, -0.2) is 14.3 Å². The van der Waals surface area contributed by atoms with Gasteiger partial charge in [-0.3, -0.25) is 9.89 Å². The third kappa shape index (κ3) is 1.52. The van der Waals surface area contributed by atoms with Crippen molar-refractivity contribution in [3.05, 3.63) is 45.7 Å². The third-order valence-electron chi connectivity index (χ3n) is 2.51. The van der Waals surface area contributed by atoms with E-state index in [1.807, 2.05) is 17.5 Å². The van der Waals surface area contributed by atoms with Crippen molar-refractivity contribution in [2.45, 2.75) is 0 Å². The monoisotopic (exact) mass is 261 g/mol. The lowest BCUT2D eigenvalue weighted by Crippen LogP contribution is -2.22. The minimum absolute atomic E-state index is 0.355. The molecule has 0 fully saturated rings. The standard InChI is InChI=1S/C11H7N3O3S/c15-10-6(11(16)17)5-12-9-4-7(13-14(9)10)8-2-1-3-18-8/h1-5,13H,(H,16,17). The average molecular weight is 261 g/mol. The van der Waals surface area contributed by atoms with Gasteiger partial charge in [0.1, 0.15) is 5.56 Å². The van der Waals surface area contributed by atoms with Crippen molar-refractivity contribution in [3.63, 3.8) is 0 Å². The molecule has 0 spiro atoms. The highest BCUT2D eigenvalue weighted by Crippen LogP contribution is 2.23. The molecule has 6 nitrogen and oxygen atoms in total. The molecule has 3 heterocycles. The number of carbonyl (C=O) groups is 1. The molecule has 0 aliphatic carbocycles. The summed E-state index contributed by atoms with van der Waals surface area (Å²) < 4.78 is 1.14. The number of carboxylic acids is 1. The van der Waals surface area contributed by atoms with Crippen molar-refractivity contribution >= 4 is 23.0 Å². The number of aromatic carboxylic acids is 1. The number of nitrogens with zero attached hydrogens (tertiary/aromatic N) is 2. The van der Waals surface area contributed by atoms with Crippen LogP contribution in [0.15, 0.2) is 34.6 Å². The maximum Gasteiger partial charge on any atom is 0.343 e. The fourth-order valence-corrected chi connectivity index (χ4v) is 2.36. The van der Waals surface area contributed by atoms with E-state index in [4.69, 9.17) is 5.11 Å². The molecule has 7 heteroatoms. The minimum Gasteiger partial charge on any atom is -0.477 e. The summed E-state index contributed by atoms with van der Waals surface area (Å²) in [5.74, 6) is -1.28. The van der Waals surface area contributed by atoms with Gasteiger partial charge in [-0.1, -0.05) is 6.07 Å². The highest BCUT2D eigenvalue weighted by Gasteiger charge is 2.13. The topological polar surface area (TPSA) is 87.5 Å². The van der Waals surface area contributed by atoms with Crippen LogP contribution in [0, 0.1) is 0 Å². The van der Waals surface area contributed by atoms with Gasteiger partial charge in [0.2, 0.25) is 0 Å². The lowest BCUT2D eigenvalue weighted by atomic mass is 10.3. The predicted octanol–water partition coefficient (Wildman–Crippen LogP) is 1.45. The molecule has 3 aromatic rings. The zero-order valence-electron chi connectivity index (χ0n) is 8.95. The van der Waals surface area contributed by atoms with Crippen LogP contribution in [-0.2, 0) is 0 Å². The first kappa shape index (κ1) is 10.7. The normalized spacial score (nSPS) is 10.9. The summed E-state index contributed by atoms with van der Waals surface area (Å²) in [6, 6.07) is 5.50. The third-order valence-corrected chi connectivity index (χ3v) is 3.41. The first-order valence-corrected chi connectivity index (χ1v) is 5.93. The lowest BCUT2D eigenvalue weighted by molar-refractivity contribution is 0.0694. The molecule has 0 atom stereocenters. The van der Waals surface area contributed by atoms with Crippen LogP contribution in [0.2, 0.25) is 0 Å². The number of rotatable bonds is 2. The molecule has 3 aromatic heterocycles. The molecular weight excluding hydrogens is 254 g/mol. The Labute approximate surface area is 104 Å². The fraction of sp³-hybridized carbons (Fsp3) is 0. The number of hydrogen-bond acceptors (Lipinski definition) is 4. The number of carboxylic acid groups (broad SMARTS) is 1. The first-order chi connectivity index (χ1) is 8.66. The van der Waals surface area contributed by atoms with Gasteiger partial charge in [-0.05, 0) is 11.4 Å². The molecule has 0 saturated carbocycles. The van der Waals surface area contributed by atoms with E-state index >= 15 is 0 Å². The van der Waals surface area contributed by atoms with Crippen molar-refractivity contribution in [1.29, 1.82) is 0 Å². The fourth-order valence-electron chi connectivity index (χ4n) is 1.66. The Morgan fingerprint density at radius 1 is 1.50 bits per heavy atom. The molecule has 0 amide bonds. The largest absolute Gasteiger partial charge is 0.477 e. The van der Waals surface area contributed by atoms with Crippen LogP contribution in [0.1, 0.15) is 10.4 Å². The van der Waals surface area contributed by atoms with Crippen LogP contribution in [0.4, 0.5) is 0 Å². The van der Waals surface area contributed by atoms with E-state index in [1.165, 1.54) is 11.3 Å². The van der Waals surface area contributed by atoms with Gasteiger partial charge in [0.25, 0.3) is 5.56 Å². The van der Waals surface area contributed by atoms with Crippen LogP contribution in [0.25, 0.3) is 16.2 Å². The average Bonchev–Trinajstić information content (AvgIpc) is 2.97. The quantitative estimate of drug-likeness (QED) is 0.730. The Hall–Kier alpha value is -2.41. The highest BCUT2D eigenvalue weighted by molar-refractivity contribution is 7.13. The number of aromatic nitrogens is 3. The zero-order valence-corrected chi connectivity index (χ0v) is 9.77. The van der Waals surface area contributed by atoms with E-state index < -0.39 is 11.5 Å². The van der Waals surface area contributed by atoms with Gasteiger partial charge >= 0.3 is 5.97 Å². The summed E-state index contributed by atoms with van der Waals surface area (Å²) in [4.78, 5) is 27.6. The molecule has 3 rings (SSSR count). The summed E-state index contributed by atoms with van der Waals surface area (Å²) in [5.41, 5.74) is 0.160. The number of nitrogens with one attached hydrogen (secondary N) is 1. The Morgan fingerprint density at radius 2 is 2.33 bits per heavy atom. The summed E-state index contributed by atoms with van der Waals surface area (Å²) >= 11 is 1.52.